The number of carbonyl (C=O) groups is 2. The molecular formula is C24H42N4O3. The van der Waals surface area contributed by atoms with Gasteiger partial charge in [0.15, 0.2) is 0 Å². The highest BCUT2D eigenvalue weighted by Crippen LogP contribution is 2.37. The van der Waals surface area contributed by atoms with Gasteiger partial charge in [-0.15, -0.1) is 0 Å². The number of carbonyl (C=O) groups excluding carboxylic acids is 2. The first-order chi connectivity index (χ1) is 15.0. The zero-order valence-corrected chi connectivity index (χ0v) is 19.6. The third kappa shape index (κ3) is 5.99. The standard InChI is InChI=1S/C24H42N4O3/c1-18(2)27-10-7-21(8-11-27)31-12-4-9-25-23(29)17-26-14-19-13-20(16-26)22-5-3-6-24(30)28(22)15-19/h18-22H,3-17H2,1-2H3,(H,25,29)/t19-,20+,22+/m0/s1. The van der Waals surface area contributed by atoms with Crippen molar-refractivity contribution in [1.82, 2.24) is 20.0 Å². The zero-order valence-electron chi connectivity index (χ0n) is 19.6. The van der Waals surface area contributed by atoms with Gasteiger partial charge in [-0.3, -0.25) is 14.5 Å². The van der Waals surface area contributed by atoms with Crippen molar-refractivity contribution < 1.29 is 14.3 Å². The first-order valence-electron chi connectivity index (χ1n) is 12.6. The van der Waals surface area contributed by atoms with Crippen LogP contribution < -0.4 is 5.32 Å². The first-order valence-corrected chi connectivity index (χ1v) is 12.6. The molecule has 4 aliphatic rings. The molecule has 1 N–H and O–H groups in total. The zero-order chi connectivity index (χ0) is 21.8. The van der Waals surface area contributed by atoms with Crippen molar-refractivity contribution in [1.29, 1.82) is 0 Å². The van der Waals surface area contributed by atoms with Crippen LogP contribution in [0.1, 0.15) is 58.8 Å². The number of amides is 2. The Hall–Kier alpha value is -1.18. The Bertz CT molecular complexity index is 620. The van der Waals surface area contributed by atoms with Crippen molar-refractivity contribution in [2.75, 3.05) is 52.4 Å². The Labute approximate surface area is 187 Å². The number of likely N-dealkylation sites (tertiary alicyclic amines) is 2. The smallest absolute Gasteiger partial charge is 0.234 e. The van der Waals surface area contributed by atoms with E-state index in [4.69, 9.17) is 4.74 Å². The van der Waals surface area contributed by atoms with Gasteiger partial charge in [-0.1, -0.05) is 0 Å². The first kappa shape index (κ1) is 23.0. The number of hydrogen-bond donors (Lipinski definition) is 1. The molecule has 7 heteroatoms. The minimum atomic E-state index is 0.127. The average molecular weight is 435 g/mol. The summed E-state index contributed by atoms with van der Waals surface area (Å²) in [4.78, 5) is 31.7. The monoisotopic (exact) mass is 434 g/mol. The Kier molecular flexibility index (Phi) is 7.88. The molecule has 0 aliphatic carbocycles. The van der Waals surface area contributed by atoms with Gasteiger partial charge in [0.25, 0.3) is 0 Å². The number of ether oxygens (including phenoxy) is 1. The molecule has 31 heavy (non-hydrogen) atoms. The maximum Gasteiger partial charge on any atom is 0.234 e. The highest BCUT2D eigenvalue weighted by atomic mass is 16.5. The Morgan fingerprint density at radius 1 is 1.16 bits per heavy atom. The van der Waals surface area contributed by atoms with Crippen LogP contribution in [0.25, 0.3) is 0 Å². The van der Waals surface area contributed by atoms with Gasteiger partial charge in [-0.25, -0.2) is 0 Å². The Morgan fingerprint density at radius 3 is 2.74 bits per heavy atom. The molecule has 3 atom stereocenters. The van der Waals surface area contributed by atoms with E-state index in [-0.39, 0.29) is 5.91 Å². The molecule has 0 unspecified atom stereocenters. The van der Waals surface area contributed by atoms with E-state index in [1.807, 2.05) is 0 Å². The number of nitrogens with one attached hydrogen (secondary N) is 1. The van der Waals surface area contributed by atoms with Crippen LogP contribution in [0.15, 0.2) is 0 Å². The van der Waals surface area contributed by atoms with Gasteiger partial charge in [0.2, 0.25) is 11.8 Å². The van der Waals surface area contributed by atoms with Crippen molar-refractivity contribution in [2.24, 2.45) is 11.8 Å². The number of fused-ring (bicyclic) bond motifs is 4. The van der Waals surface area contributed by atoms with Crippen LogP contribution in [0.2, 0.25) is 0 Å². The van der Waals surface area contributed by atoms with Gasteiger partial charge in [0.05, 0.1) is 12.6 Å². The Morgan fingerprint density at radius 2 is 1.97 bits per heavy atom. The van der Waals surface area contributed by atoms with Crippen molar-refractivity contribution in [3.63, 3.8) is 0 Å². The largest absolute Gasteiger partial charge is 0.378 e. The van der Waals surface area contributed by atoms with Crippen LogP contribution in [-0.2, 0) is 14.3 Å². The third-order valence-electron chi connectivity index (χ3n) is 7.83. The van der Waals surface area contributed by atoms with Crippen LogP contribution in [-0.4, -0.2) is 97.1 Å². The fourth-order valence-electron chi connectivity index (χ4n) is 6.21. The summed E-state index contributed by atoms with van der Waals surface area (Å²) in [5.74, 6) is 1.55. The molecule has 2 bridgehead atoms. The van der Waals surface area contributed by atoms with E-state index in [9.17, 15) is 9.59 Å². The molecule has 0 saturated carbocycles. The molecule has 0 radical (unpaired) electrons. The van der Waals surface area contributed by atoms with Gasteiger partial charge in [0.1, 0.15) is 0 Å². The lowest BCUT2D eigenvalue weighted by Crippen LogP contribution is -2.61. The van der Waals surface area contributed by atoms with E-state index in [2.05, 4.69) is 33.9 Å². The molecule has 176 valence electrons. The molecule has 4 heterocycles. The molecule has 0 aromatic carbocycles. The normalized spacial score (nSPS) is 30.5. The molecule has 4 fully saturated rings. The van der Waals surface area contributed by atoms with E-state index in [1.165, 1.54) is 6.42 Å². The lowest BCUT2D eigenvalue weighted by atomic mass is 9.76. The van der Waals surface area contributed by atoms with Crippen molar-refractivity contribution in [3.05, 3.63) is 0 Å². The van der Waals surface area contributed by atoms with Crippen LogP contribution in [0.3, 0.4) is 0 Å². The van der Waals surface area contributed by atoms with Gasteiger partial charge in [0, 0.05) is 64.4 Å². The van der Waals surface area contributed by atoms with E-state index in [0.29, 0.717) is 49.0 Å². The summed E-state index contributed by atoms with van der Waals surface area (Å²) in [5.41, 5.74) is 0. The highest BCUT2D eigenvalue weighted by Gasteiger charge is 2.44. The summed E-state index contributed by atoms with van der Waals surface area (Å²) in [7, 11) is 0. The summed E-state index contributed by atoms with van der Waals surface area (Å²) in [6.45, 7) is 11.5. The number of nitrogens with zero attached hydrogens (tertiary/aromatic N) is 3. The summed E-state index contributed by atoms with van der Waals surface area (Å²) in [5, 5.41) is 3.09. The summed E-state index contributed by atoms with van der Waals surface area (Å²) >= 11 is 0. The van der Waals surface area contributed by atoms with Gasteiger partial charge < -0.3 is 19.9 Å². The molecular weight excluding hydrogens is 392 g/mol. The van der Waals surface area contributed by atoms with Crippen molar-refractivity contribution >= 4 is 11.8 Å². The maximum absolute atomic E-state index is 12.5. The average Bonchev–Trinajstić information content (AvgIpc) is 2.74. The fourth-order valence-corrected chi connectivity index (χ4v) is 6.21. The van der Waals surface area contributed by atoms with Crippen LogP contribution in [0.5, 0.6) is 0 Å². The van der Waals surface area contributed by atoms with Crippen molar-refractivity contribution in [3.8, 4) is 0 Å². The molecule has 4 saturated heterocycles. The second-order valence-corrected chi connectivity index (χ2v) is 10.5. The van der Waals surface area contributed by atoms with Gasteiger partial charge >= 0.3 is 0 Å². The minimum Gasteiger partial charge on any atom is -0.378 e. The summed E-state index contributed by atoms with van der Waals surface area (Å²) < 4.78 is 6.03. The molecule has 0 aromatic rings. The van der Waals surface area contributed by atoms with Crippen LogP contribution in [0, 0.1) is 11.8 Å². The van der Waals surface area contributed by atoms with Gasteiger partial charge in [-0.05, 0) is 64.2 Å². The van der Waals surface area contributed by atoms with Gasteiger partial charge in [-0.2, -0.15) is 0 Å². The van der Waals surface area contributed by atoms with Crippen LogP contribution in [0.4, 0.5) is 0 Å². The second-order valence-electron chi connectivity index (χ2n) is 10.5. The molecule has 7 nitrogen and oxygen atoms in total. The van der Waals surface area contributed by atoms with E-state index >= 15 is 0 Å². The lowest BCUT2D eigenvalue weighted by molar-refractivity contribution is -0.145. The predicted molar refractivity (Wildman–Crippen MR) is 121 cm³/mol. The lowest BCUT2D eigenvalue weighted by Gasteiger charge is -2.52. The quantitative estimate of drug-likeness (QED) is 0.590. The predicted octanol–water partition coefficient (Wildman–Crippen LogP) is 1.71. The highest BCUT2D eigenvalue weighted by molar-refractivity contribution is 5.78. The third-order valence-corrected chi connectivity index (χ3v) is 7.83. The second kappa shape index (κ2) is 10.6. The van der Waals surface area contributed by atoms with E-state index in [0.717, 1.165) is 77.9 Å². The molecule has 4 rings (SSSR count). The van der Waals surface area contributed by atoms with E-state index < -0.39 is 0 Å². The van der Waals surface area contributed by atoms with Crippen LogP contribution >= 0.6 is 0 Å². The summed E-state index contributed by atoms with van der Waals surface area (Å²) in [6, 6.07) is 1.03. The number of hydrogen-bond acceptors (Lipinski definition) is 5. The summed E-state index contributed by atoms with van der Waals surface area (Å²) in [6.07, 6.45) is 7.60. The number of piperidine rings is 4. The fraction of sp³-hybridized carbons (Fsp3) is 0.917. The molecule has 0 aromatic heterocycles. The molecule has 0 spiro atoms. The maximum atomic E-state index is 12.5. The molecule has 2 amide bonds. The minimum absolute atomic E-state index is 0.127. The molecule has 4 aliphatic heterocycles. The topological polar surface area (TPSA) is 65.1 Å². The Balaban J connectivity index is 1.10. The SMILES string of the molecule is CC(C)N1CCC(OCCCNC(=O)CN2C[C@@H]3C[C@H](C2)[C@H]2CCCC(=O)N2C3)CC1. The number of rotatable bonds is 8. The van der Waals surface area contributed by atoms with Crippen molar-refractivity contribution in [2.45, 2.75) is 77.0 Å². The van der Waals surface area contributed by atoms with E-state index in [1.54, 1.807) is 0 Å².